The largest absolute Gasteiger partial charge is 0.310 e. The second-order valence-corrected chi connectivity index (χ2v) is 4.77. The number of rotatable bonds is 8. The summed E-state index contributed by atoms with van der Waals surface area (Å²) >= 11 is 1.76. The molecule has 0 aliphatic heterocycles. The summed E-state index contributed by atoms with van der Waals surface area (Å²) in [6.07, 6.45) is 6.98. The monoisotopic (exact) mass is 223 g/mol. The fourth-order valence-electron chi connectivity index (χ4n) is 1.53. The van der Waals surface area contributed by atoms with Crippen LogP contribution in [0.15, 0.2) is 29.5 Å². The van der Waals surface area contributed by atoms with Crippen LogP contribution in [0.3, 0.4) is 0 Å². The summed E-state index contributed by atoms with van der Waals surface area (Å²) in [6.45, 7) is 7.00. The van der Waals surface area contributed by atoms with Gasteiger partial charge in [-0.05, 0) is 48.6 Å². The number of hydrogen-bond donors (Lipinski definition) is 1. The van der Waals surface area contributed by atoms with Gasteiger partial charge in [-0.1, -0.05) is 12.5 Å². The van der Waals surface area contributed by atoms with Crippen LogP contribution in [-0.4, -0.2) is 6.04 Å². The van der Waals surface area contributed by atoms with Crippen LogP contribution in [0.5, 0.6) is 0 Å². The number of thiophene rings is 1. The second kappa shape index (κ2) is 7.66. The van der Waals surface area contributed by atoms with E-state index in [0.29, 0.717) is 6.04 Å². The number of unbranched alkanes of at least 4 members (excludes halogenated alkanes) is 2. The minimum atomic E-state index is 0.620. The molecule has 1 heterocycles. The van der Waals surface area contributed by atoms with E-state index in [2.05, 4.69) is 35.6 Å². The lowest BCUT2D eigenvalue weighted by atomic mass is 10.1. The molecule has 0 amide bonds. The first kappa shape index (κ1) is 12.5. The minimum absolute atomic E-state index is 0.620. The van der Waals surface area contributed by atoms with Crippen LogP contribution in [0.4, 0.5) is 0 Å². The number of hydrogen-bond acceptors (Lipinski definition) is 2. The normalized spacial score (nSPS) is 12.6. The maximum absolute atomic E-state index is 3.73. The van der Waals surface area contributed by atoms with Gasteiger partial charge in [-0.25, -0.2) is 0 Å². The number of allylic oxidation sites excluding steroid dienone is 1. The molecular weight excluding hydrogens is 202 g/mol. The van der Waals surface area contributed by atoms with E-state index in [4.69, 9.17) is 0 Å². The van der Waals surface area contributed by atoms with E-state index in [-0.39, 0.29) is 0 Å². The van der Waals surface area contributed by atoms with Crippen LogP contribution in [-0.2, 0) is 6.54 Å². The van der Waals surface area contributed by atoms with E-state index >= 15 is 0 Å². The van der Waals surface area contributed by atoms with Gasteiger partial charge in [0, 0.05) is 12.6 Å². The molecule has 1 unspecified atom stereocenters. The maximum Gasteiger partial charge on any atom is 0.0216 e. The van der Waals surface area contributed by atoms with Crippen molar-refractivity contribution in [3.05, 3.63) is 35.0 Å². The Kier molecular flexibility index (Phi) is 6.37. The first-order chi connectivity index (χ1) is 7.33. The van der Waals surface area contributed by atoms with Crippen molar-refractivity contribution in [3.8, 4) is 0 Å². The zero-order valence-corrected chi connectivity index (χ0v) is 10.4. The Morgan fingerprint density at radius 1 is 1.53 bits per heavy atom. The third-order valence-corrected chi connectivity index (χ3v) is 3.26. The molecule has 1 aromatic heterocycles. The van der Waals surface area contributed by atoms with Crippen LogP contribution in [0, 0.1) is 0 Å². The van der Waals surface area contributed by atoms with Crippen molar-refractivity contribution in [1.29, 1.82) is 0 Å². The van der Waals surface area contributed by atoms with E-state index in [1.807, 2.05) is 6.08 Å². The molecule has 0 bridgehead atoms. The molecule has 0 fully saturated rings. The van der Waals surface area contributed by atoms with Gasteiger partial charge in [0.25, 0.3) is 0 Å². The smallest absolute Gasteiger partial charge is 0.0216 e. The summed E-state index contributed by atoms with van der Waals surface area (Å²) in [5.41, 5.74) is 1.40. The quantitative estimate of drug-likeness (QED) is 0.519. The van der Waals surface area contributed by atoms with E-state index in [9.17, 15) is 0 Å². The Hall–Kier alpha value is -0.600. The summed E-state index contributed by atoms with van der Waals surface area (Å²) in [6, 6.07) is 2.80. The molecular formula is C13H21NS. The predicted molar refractivity (Wildman–Crippen MR) is 69.3 cm³/mol. The summed E-state index contributed by atoms with van der Waals surface area (Å²) in [7, 11) is 0. The molecule has 0 aromatic carbocycles. The molecule has 0 radical (unpaired) electrons. The molecule has 0 aliphatic carbocycles. The standard InChI is InChI=1S/C13H21NS/c1-3-4-5-6-7-12(2)14-10-13-8-9-15-11-13/h3,8-9,11-12,14H,1,4-7,10H2,2H3. The predicted octanol–water partition coefficient (Wildman–Crippen LogP) is 3.97. The highest BCUT2D eigenvalue weighted by Gasteiger charge is 2.00. The minimum Gasteiger partial charge on any atom is -0.310 e. The second-order valence-electron chi connectivity index (χ2n) is 3.99. The molecule has 1 rings (SSSR count). The Labute approximate surface area is 97.2 Å². The molecule has 2 heteroatoms. The molecule has 0 aliphatic rings. The molecule has 1 N–H and O–H groups in total. The summed E-state index contributed by atoms with van der Waals surface area (Å²) in [5.74, 6) is 0. The lowest BCUT2D eigenvalue weighted by molar-refractivity contribution is 0.490. The van der Waals surface area contributed by atoms with Gasteiger partial charge in [0.2, 0.25) is 0 Å². The molecule has 15 heavy (non-hydrogen) atoms. The fraction of sp³-hybridized carbons (Fsp3) is 0.538. The molecule has 1 nitrogen and oxygen atoms in total. The van der Waals surface area contributed by atoms with Crippen LogP contribution in [0.2, 0.25) is 0 Å². The number of nitrogens with one attached hydrogen (secondary N) is 1. The van der Waals surface area contributed by atoms with Gasteiger partial charge in [-0.15, -0.1) is 6.58 Å². The Balaban J connectivity index is 2.03. The third kappa shape index (κ3) is 5.75. The topological polar surface area (TPSA) is 12.0 Å². The zero-order chi connectivity index (χ0) is 10.9. The van der Waals surface area contributed by atoms with Crippen molar-refractivity contribution in [1.82, 2.24) is 5.32 Å². The lowest BCUT2D eigenvalue weighted by Crippen LogP contribution is -2.25. The summed E-state index contributed by atoms with van der Waals surface area (Å²) in [4.78, 5) is 0. The maximum atomic E-state index is 3.73. The average molecular weight is 223 g/mol. The first-order valence-electron chi connectivity index (χ1n) is 5.68. The van der Waals surface area contributed by atoms with Gasteiger partial charge in [0.05, 0.1) is 0 Å². The van der Waals surface area contributed by atoms with Crippen molar-refractivity contribution in [2.45, 2.75) is 45.2 Å². The van der Waals surface area contributed by atoms with Crippen molar-refractivity contribution >= 4 is 11.3 Å². The van der Waals surface area contributed by atoms with Crippen molar-refractivity contribution < 1.29 is 0 Å². The molecule has 0 saturated carbocycles. The Morgan fingerprint density at radius 3 is 3.07 bits per heavy atom. The summed E-state index contributed by atoms with van der Waals surface area (Å²) < 4.78 is 0. The van der Waals surface area contributed by atoms with Gasteiger partial charge in [-0.3, -0.25) is 0 Å². The lowest BCUT2D eigenvalue weighted by Gasteiger charge is -2.12. The van der Waals surface area contributed by atoms with Gasteiger partial charge in [0.15, 0.2) is 0 Å². The van der Waals surface area contributed by atoms with Crippen molar-refractivity contribution in [2.75, 3.05) is 0 Å². The highest BCUT2D eigenvalue weighted by atomic mass is 32.1. The van der Waals surface area contributed by atoms with Gasteiger partial charge >= 0.3 is 0 Å². The Bertz CT molecular complexity index is 254. The van der Waals surface area contributed by atoms with Gasteiger partial charge < -0.3 is 5.32 Å². The van der Waals surface area contributed by atoms with Crippen LogP contribution >= 0.6 is 11.3 Å². The SMILES string of the molecule is C=CCCCCC(C)NCc1ccsc1. The fourth-order valence-corrected chi connectivity index (χ4v) is 2.20. The highest BCUT2D eigenvalue weighted by Crippen LogP contribution is 2.07. The van der Waals surface area contributed by atoms with Crippen LogP contribution < -0.4 is 5.32 Å². The van der Waals surface area contributed by atoms with E-state index in [0.717, 1.165) is 13.0 Å². The van der Waals surface area contributed by atoms with Crippen molar-refractivity contribution in [2.24, 2.45) is 0 Å². The van der Waals surface area contributed by atoms with E-state index < -0.39 is 0 Å². The molecule has 1 atom stereocenters. The van der Waals surface area contributed by atoms with E-state index in [1.54, 1.807) is 11.3 Å². The third-order valence-electron chi connectivity index (χ3n) is 2.53. The zero-order valence-electron chi connectivity index (χ0n) is 9.54. The Morgan fingerprint density at radius 2 is 2.40 bits per heavy atom. The average Bonchev–Trinajstić information content (AvgIpc) is 2.74. The molecule has 84 valence electrons. The molecule has 0 saturated heterocycles. The molecule has 0 spiro atoms. The van der Waals surface area contributed by atoms with Crippen LogP contribution in [0.1, 0.15) is 38.2 Å². The molecule has 1 aromatic rings. The van der Waals surface area contributed by atoms with Crippen molar-refractivity contribution in [3.63, 3.8) is 0 Å². The summed E-state index contributed by atoms with van der Waals surface area (Å²) in [5, 5.41) is 7.88. The van der Waals surface area contributed by atoms with Crippen LogP contribution in [0.25, 0.3) is 0 Å². The van der Waals surface area contributed by atoms with Gasteiger partial charge in [0.1, 0.15) is 0 Å². The van der Waals surface area contributed by atoms with E-state index in [1.165, 1.54) is 24.8 Å². The first-order valence-corrected chi connectivity index (χ1v) is 6.62. The van der Waals surface area contributed by atoms with Gasteiger partial charge in [-0.2, -0.15) is 11.3 Å². The highest BCUT2D eigenvalue weighted by molar-refractivity contribution is 7.07.